The first-order valence-electron chi connectivity index (χ1n) is 7.79. The highest BCUT2D eigenvalue weighted by Crippen LogP contribution is 2.20. The van der Waals surface area contributed by atoms with Gasteiger partial charge < -0.3 is 5.84 Å². The summed E-state index contributed by atoms with van der Waals surface area (Å²) in [6.45, 7) is 0. The van der Waals surface area contributed by atoms with Crippen molar-refractivity contribution in [1.29, 1.82) is 0 Å². The molecule has 0 unspecified atom stereocenters. The first-order chi connectivity index (χ1) is 10.9. The van der Waals surface area contributed by atoms with Crippen molar-refractivity contribution in [3.05, 3.63) is 35.9 Å². The second kappa shape index (κ2) is 9.55. The van der Waals surface area contributed by atoms with Crippen molar-refractivity contribution in [2.75, 3.05) is 0 Å². The molecule has 1 aliphatic rings. The molecule has 1 aromatic rings. The summed E-state index contributed by atoms with van der Waals surface area (Å²) in [5.41, 5.74) is 6.52. The molecule has 1 fully saturated rings. The van der Waals surface area contributed by atoms with E-state index in [9.17, 15) is 0 Å². The molecule has 4 N–H and O–H groups in total. The lowest BCUT2D eigenvalue weighted by Crippen LogP contribution is -2.32. The van der Waals surface area contributed by atoms with Crippen LogP contribution in [0.1, 0.15) is 44.1 Å². The van der Waals surface area contributed by atoms with E-state index in [-0.39, 0.29) is 0 Å². The highest BCUT2D eigenvalue weighted by atomic mass is 15.5. The van der Waals surface area contributed by atoms with Gasteiger partial charge in [-0.3, -0.25) is 0 Å². The third-order valence-electron chi connectivity index (χ3n) is 3.67. The van der Waals surface area contributed by atoms with Crippen LogP contribution in [0, 0.1) is 5.92 Å². The van der Waals surface area contributed by atoms with Gasteiger partial charge in [0.1, 0.15) is 0 Å². The number of nitrogens with one attached hydrogen (secondary N) is 2. The number of rotatable bonds is 4. The monoisotopic (exact) mass is 300 g/mol. The molecule has 0 atom stereocenters. The van der Waals surface area contributed by atoms with Crippen LogP contribution in [0.15, 0.2) is 45.6 Å². The first kappa shape index (κ1) is 16.0. The summed E-state index contributed by atoms with van der Waals surface area (Å²) in [6.07, 6.45) is 11.3. The minimum absolute atomic E-state index is 0.317. The second-order valence-corrected chi connectivity index (χ2v) is 5.40. The molecule has 0 amide bonds. The molecule has 0 bridgehead atoms. The van der Waals surface area contributed by atoms with Gasteiger partial charge >= 0.3 is 0 Å². The van der Waals surface area contributed by atoms with Crippen LogP contribution in [0.4, 0.5) is 0 Å². The molecule has 6 nitrogen and oxygen atoms in total. The summed E-state index contributed by atoms with van der Waals surface area (Å²) in [5.74, 6) is 6.17. The van der Waals surface area contributed by atoms with E-state index in [0.717, 1.165) is 5.56 Å². The van der Waals surface area contributed by atoms with E-state index in [1.165, 1.54) is 38.5 Å². The van der Waals surface area contributed by atoms with Gasteiger partial charge in [0.15, 0.2) is 0 Å². The SMILES string of the molecule is NN=C(N/N=C\c1ccccc1)N/N=C/C1CCCCCC1. The number of hydrogen-bond donors (Lipinski definition) is 3. The molecule has 6 heteroatoms. The number of guanidine groups is 1. The quantitative estimate of drug-likeness (QED) is 0.262. The van der Waals surface area contributed by atoms with Crippen LogP contribution >= 0.6 is 0 Å². The van der Waals surface area contributed by atoms with Crippen molar-refractivity contribution in [1.82, 2.24) is 10.9 Å². The number of hydrazone groups is 3. The van der Waals surface area contributed by atoms with Crippen molar-refractivity contribution >= 4 is 18.4 Å². The zero-order valence-electron chi connectivity index (χ0n) is 12.8. The van der Waals surface area contributed by atoms with E-state index >= 15 is 0 Å². The average Bonchev–Trinajstić information content (AvgIpc) is 2.83. The van der Waals surface area contributed by atoms with Crippen LogP contribution in [0.25, 0.3) is 0 Å². The van der Waals surface area contributed by atoms with Gasteiger partial charge in [-0.2, -0.15) is 10.2 Å². The average molecular weight is 300 g/mol. The lowest BCUT2D eigenvalue weighted by Gasteiger charge is -2.07. The van der Waals surface area contributed by atoms with Gasteiger partial charge in [0.2, 0.25) is 0 Å². The number of benzene rings is 1. The molecule has 1 aliphatic carbocycles. The summed E-state index contributed by atoms with van der Waals surface area (Å²) < 4.78 is 0. The Hall–Kier alpha value is -2.37. The summed E-state index contributed by atoms with van der Waals surface area (Å²) in [7, 11) is 0. The van der Waals surface area contributed by atoms with Gasteiger partial charge in [-0.15, -0.1) is 5.10 Å². The summed E-state index contributed by atoms with van der Waals surface area (Å²) >= 11 is 0. The maximum absolute atomic E-state index is 5.31. The normalized spacial score (nSPS) is 17.7. The Balaban J connectivity index is 1.76. The maximum atomic E-state index is 5.31. The highest BCUT2D eigenvalue weighted by molar-refractivity contribution is 5.83. The Morgan fingerprint density at radius 1 is 1.00 bits per heavy atom. The Morgan fingerprint density at radius 2 is 1.68 bits per heavy atom. The van der Waals surface area contributed by atoms with Crippen LogP contribution in [0.3, 0.4) is 0 Å². The minimum atomic E-state index is 0.317. The Labute approximate surface area is 131 Å². The Bertz CT molecular complexity index is 501. The molecule has 0 aliphatic heterocycles. The fraction of sp³-hybridized carbons (Fsp3) is 0.438. The zero-order chi connectivity index (χ0) is 15.5. The lowest BCUT2D eigenvalue weighted by atomic mass is 10.0. The molecule has 1 aromatic carbocycles. The molecule has 0 aromatic heterocycles. The summed E-state index contributed by atoms with van der Waals surface area (Å²) in [5, 5.41) is 11.9. The standard InChI is InChI=1S/C16H24N6/c17-20-16(22-19-13-15-10-6-3-7-11-15)21-18-12-14-8-4-1-2-5-9-14/h3,6-7,10-14H,1-2,4-5,8-9,17H2,(H2,20,21,22)/b18-12+,19-13-. The topological polar surface area (TPSA) is 87.2 Å². The van der Waals surface area contributed by atoms with Gasteiger partial charge in [-0.25, -0.2) is 10.9 Å². The van der Waals surface area contributed by atoms with Crippen molar-refractivity contribution in [2.24, 2.45) is 27.1 Å². The fourth-order valence-corrected chi connectivity index (χ4v) is 2.45. The van der Waals surface area contributed by atoms with E-state index in [4.69, 9.17) is 5.84 Å². The molecule has 0 heterocycles. The van der Waals surface area contributed by atoms with E-state index in [1.54, 1.807) is 6.21 Å². The van der Waals surface area contributed by atoms with Gasteiger partial charge in [-0.1, -0.05) is 56.0 Å². The second-order valence-electron chi connectivity index (χ2n) is 5.40. The number of nitrogens with zero attached hydrogens (tertiary/aromatic N) is 3. The molecule has 1 saturated carbocycles. The zero-order valence-corrected chi connectivity index (χ0v) is 12.8. The summed E-state index contributed by atoms with van der Waals surface area (Å²) in [4.78, 5) is 0. The molecule has 0 spiro atoms. The van der Waals surface area contributed by atoms with Gasteiger partial charge in [0.05, 0.1) is 6.21 Å². The Morgan fingerprint density at radius 3 is 2.36 bits per heavy atom. The first-order valence-corrected chi connectivity index (χ1v) is 7.79. The van der Waals surface area contributed by atoms with Crippen LogP contribution < -0.4 is 16.7 Å². The van der Waals surface area contributed by atoms with Crippen molar-refractivity contribution in [3.63, 3.8) is 0 Å². The fourth-order valence-electron chi connectivity index (χ4n) is 2.45. The molecular weight excluding hydrogens is 276 g/mol. The molecule has 118 valence electrons. The van der Waals surface area contributed by atoms with Crippen molar-refractivity contribution < 1.29 is 0 Å². The smallest absolute Gasteiger partial charge is 0.254 e. The van der Waals surface area contributed by atoms with Crippen molar-refractivity contribution in [2.45, 2.75) is 38.5 Å². The predicted molar refractivity (Wildman–Crippen MR) is 91.6 cm³/mol. The minimum Gasteiger partial charge on any atom is -0.320 e. The summed E-state index contributed by atoms with van der Waals surface area (Å²) in [6, 6.07) is 9.79. The van der Waals surface area contributed by atoms with Gasteiger partial charge in [-0.05, 0) is 24.3 Å². The van der Waals surface area contributed by atoms with Crippen LogP contribution in [-0.2, 0) is 0 Å². The van der Waals surface area contributed by atoms with E-state index < -0.39 is 0 Å². The highest BCUT2D eigenvalue weighted by Gasteiger charge is 2.09. The van der Waals surface area contributed by atoms with Crippen LogP contribution in [0.5, 0.6) is 0 Å². The molecule has 2 rings (SSSR count). The van der Waals surface area contributed by atoms with Crippen LogP contribution in [0.2, 0.25) is 0 Å². The number of hydrogen-bond acceptors (Lipinski definition) is 4. The van der Waals surface area contributed by atoms with Crippen LogP contribution in [-0.4, -0.2) is 18.4 Å². The van der Waals surface area contributed by atoms with E-state index in [1.807, 2.05) is 36.5 Å². The molecule has 22 heavy (non-hydrogen) atoms. The third-order valence-corrected chi connectivity index (χ3v) is 3.67. The van der Waals surface area contributed by atoms with E-state index in [2.05, 4.69) is 26.2 Å². The molecular formula is C16H24N6. The predicted octanol–water partition coefficient (Wildman–Crippen LogP) is 2.39. The lowest BCUT2D eigenvalue weighted by molar-refractivity contribution is 0.598. The van der Waals surface area contributed by atoms with E-state index in [0.29, 0.717) is 11.9 Å². The van der Waals surface area contributed by atoms with Crippen molar-refractivity contribution in [3.8, 4) is 0 Å². The molecule has 0 saturated heterocycles. The Kier molecular flexibility index (Phi) is 6.95. The largest absolute Gasteiger partial charge is 0.320 e. The number of nitrogens with two attached hydrogens (primary N) is 1. The van der Waals surface area contributed by atoms with Gasteiger partial charge in [0.25, 0.3) is 5.96 Å². The maximum Gasteiger partial charge on any atom is 0.254 e. The molecule has 0 radical (unpaired) electrons. The third kappa shape index (κ3) is 5.95. The van der Waals surface area contributed by atoms with Gasteiger partial charge in [0, 0.05) is 6.21 Å².